The van der Waals surface area contributed by atoms with Crippen LogP contribution in [0.5, 0.6) is 0 Å². The van der Waals surface area contributed by atoms with Gasteiger partial charge in [0.1, 0.15) is 0 Å². The highest BCUT2D eigenvalue weighted by atomic mass is 16.3. The van der Waals surface area contributed by atoms with Gasteiger partial charge in [-0.2, -0.15) is 0 Å². The molecule has 1 rings (SSSR count). The molecule has 4 heteroatoms. The number of nitrogens with two attached hydrogens (primary N) is 1. The molecule has 4 N–H and O–H groups in total. The first-order valence-corrected chi connectivity index (χ1v) is 6.90. The van der Waals surface area contributed by atoms with Crippen molar-refractivity contribution in [2.75, 3.05) is 6.54 Å². The van der Waals surface area contributed by atoms with E-state index in [0.29, 0.717) is 12.5 Å². The Hall–Kier alpha value is -0.610. The first-order chi connectivity index (χ1) is 8.14. The Morgan fingerprint density at radius 1 is 1.44 bits per heavy atom. The summed E-state index contributed by atoms with van der Waals surface area (Å²) in [7, 11) is 0. The fourth-order valence-corrected chi connectivity index (χ4v) is 2.23. The maximum atomic E-state index is 11.9. The van der Waals surface area contributed by atoms with Gasteiger partial charge in [0.15, 0.2) is 0 Å². The standard InChI is InChI=1S/C14H28N2O2/c1-10-5-7-14(18,8-6-10)9-16-12(17)11(15)13(2,3)4/h10-11,18H,5-9,15H2,1-4H3,(H,16,17)/t10?,11-,14?/m0/s1. The summed E-state index contributed by atoms with van der Waals surface area (Å²) < 4.78 is 0. The summed E-state index contributed by atoms with van der Waals surface area (Å²) in [5, 5.41) is 13.2. The largest absolute Gasteiger partial charge is 0.388 e. The summed E-state index contributed by atoms with van der Waals surface area (Å²) >= 11 is 0. The highest BCUT2D eigenvalue weighted by Gasteiger charge is 2.34. The van der Waals surface area contributed by atoms with Crippen LogP contribution >= 0.6 is 0 Å². The number of aliphatic hydroxyl groups is 1. The number of hydrogen-bond acceptors (Lipinski definition) is 3. The van der Waals surface area contributed by atoms with Gasteiger partial charge < -0.3 is 16.2 Å². The molecule has 1 saturated carbocycles. The second-order valence-electron chi connectivity index (χ2n) is 6.97. The fraction of sp³-hybridized carbons (Fsp3) is 0.929. The number of carbonyl (C=O) groups is 1. The van der Waals surface area contributed by atoms with E-state index in [0.717, 1.165) is 25.7 Å². The molecule has 0 bridgehead atoms. The second kappa shape index (κ2) is 5.57. The third kappa shape index (κ3) is 4.25. The molecule has 1 aliphatic rings. The SMILES string of the molecule is CC1CCC(O)(CNC(=O)[C@H](N)C(C)(C)C)CC1. The van der Waals surface area contributed by atoms with Gasteiger partial charge in [0.25, 0.3) is 0 Å². The predicted molar refractivity (Wildman–Crippen MR) is 73.0 cm³/mol. The number of hydrogen-bond donors (Lipinski definition) is 3. The molecule has 106 valence electrons. The van der Waals surface area contributed by atoms with Crippen LogP contribution in [0.3, 0.4) is 0 Å². The maximum absolute atomic E-state index is 11.9. The zero-order valence-corrected chi connectivity index (χ0v) is 12.1. The van der Waals surface area contributed by atoms with Gasteiger partial charge in [0.05, 0.1) is 11.6 Å². The van der Waals surface area contributed by atoms with E-state index in [1.54, 1.807) is 0 Å². The molecule has 0 aromatic rings. The first-order valence-electron chi connectivity index (χ1n) is 6.90. The van der Waals surface area contributed by atoms with E-state index in [4.69, 9.17) is 5.73 Å². The third-order valence-electron chi connectivity index (χ3n) is 4.01. The van der Waals surface area contributed by atoms with Gasteiger partial charge >= 0.3 is 0 Å². The van der Waals surface area contributed by atoms with Crippen molar-refractivity contribution in [3.63, 3.8) is 0 Å². The maximum Gasteiger partial charge on any atom is 0.237 e. The minimum Gasteiger partial charge on any atom is -0.388 e. The van der Waals surface area contributed by atoms with Gasteiger partial charge in [-0.3, -0.25) is 4.79 Å². The van der Waals surface area contributed by atoms with Crippen molar-refractivity contribution in [1.29, 1.82) is 0 Å². The molecule has 0 unspecified atom stereocenters. The Morgan fingerprint density at radius 2 is 1.94 bits per heavy atom. The average Bonchev–Trinajstić information content (AvgIpc) is 2.28. The van der Waals surface area contributed by atoms with Crippen molar-refractivity contribution in [3.05, 3.63) is 0 Å². The molecular formula is C14H28N2O2. The Bertz CT molecular complexity index is 289. The van der Waals surface area contributed by atoms with E-state index >= 15 is 0 Å². The Kier molecular flexibility index (Phi) is 4.78. The third-order valence-corrected chi connectivity index (χ3v) is 4.01. The molecule has 0 saturated heterocycles. The number of carbonyl (C=O) groups excluding carboxylic acids is 1. The van der Waals surface area contributed by atoms with Gasteiger partial charge in [0, 0.05) is 6.54 Å². The first kappa shape index (κ1) is 15.4. The molecule has 0 radical (unpaired) electrons. The Labute approximate surface area is 110 Å². The molecule has 0 heterocycles. The lowest BCUT2D eigenvalue weighted by Gasteiger charge is -2.35. The number of amides is 1. The topological polar surface area (TPSA) is 75.3 Å². The van der Waals surface area contributed by atoms with Gasteiger partial charge in [-0.05, 0) is 37.0 Å². The molecule has 1 fully saturated rings. The Morgan fingerprint density at radius 3 is 2.39 bits per heavy atom. The van der Waals surface area contributed by atoms with Crippen LogP contribution in [-0.2, 0) is 4.79 Å². The van der Waals surface area contributed by atoms with Crippen molar-refractivity contribution in [1.82, 2.24) is 5.32 Å². The van der Waals surface area contributed by atoms with Crippen LogP contribution < -0.4 is 11.1 Å². The van der Waals surface area contributed by atoms with Crippen molar-refractivity contribution in [2.24, 2.45) is 17.1 Å². The van der Waals surface area contributed by atoms with E-state index in [1.807, 2.05) is 20.8 Å². The molecule has 0 aromatic carbocycles. The summed E-state index contributed by atoms with van der Waals surface area (Å²) in [6.07, 6.45) is 3.58. The van der Waals surface area contributed by atoms with Crippen LogP contribution in [0.2, 0.25) is 0 Å². The predicted octanol–water partition coefficient (Wildman–Crippen LogP) is 1.42. The minimum atomic E-state index is -0.736. The fourth-order valence-electron chi connectivity index (χ4n) is 2.23. The number of rotatable bonds is 3. The molecule has 18 heavy (non-hydrogen) atoms. The van der Waals surface area contributed by atoms with Crippen LogP contribution in [0.15, 0.2) is 0 Å². The monoisotopic (exact) mass is 256 g/mol. The van der Waals surface area contributed by atoms with Gasteiger partial charge in [0.2, 0.25) is 5.91 Å². The molecule has 1 aliphatic carbocycles. The normalized spacial score (nSPS) is 30.9. The van der Waals surface area contributed by atoms with E-state index < -0.39 is 11.6 Å². The van der Waals surface area contributed by atoms with Gasteiger partial charge in [-0.15, -0.1) is 0 Å². The van der Waals surface area contributed by atoms with Crippen LogP contribution in [0.25, 0.3) is 0 Å². The summed E-state index contributed by atoms with van der Waals surface area (Å²) in [5.74, 6) is 0.507. The Balaban J connectivity index is 2.43. The van der Waals surface area contributed by atoms with Gasteiger partial charge in [-0.25, -0.2) is 0 Å². The lowest BCUT2D eigenvalue weighted by Crippen LogP contribution is -2.53. The van der Waals surface area contributed by atoms with Crippen LogP contribution in [0.4, 0.5) is 0 Å². The second-order valence-corrected chi connectivity index (χ2v) is 6.97. The van der Waals surface area contributed by atoms with E-state index in [1.165, 1.54) is 0 Å². The zero-order chi connectivity index (χ0) is 14.0. The highest BCUT2D eigenvalue weighted by Crippen LogP contribution is 2.31. The summed E-state index contributed by atoms with van der Waals surface area (Å²) in [5.41, 5.74) is 4.89. The molecule has 4 nitrogen and oxygen atoms in total. The number of nitrogens with one attached hydrogen (secondary N) is 1. The minimum absolute atomic E-state index is 0.172. The van der Waals surface area contributed by atoms with E-state index in [2.05, 4.69) is 12.2 Å². The van der Waals surface area contributed by atoms with Crippen molar-refractivity contribution < 1.29 is 9.90 Å². The summed E-state index contributed by atoms with van der Waals surface area (Å²) in [4.78, 5) is 11.9. The molecule has 1 atom stereocenters. The van der Waals surface area contributed by atoms with Crippen molar-refractivity contribution in [2.45, 2.75) is 65.0 Å². The molecule has 0 aromatic heterocycles. The lowest BCUT2D eigenvalue weighted by atomic mass is 9.79. The van der Waals surface area contributed by atoms with Crippen LogP contribution in [0.1, 0.15) is 53.4 Å². The molecule has 0 spiro atoms. The summed E-state index contributed by atoms with van der Waals surface area (Å²) in [6, 6.07) is -0.538. The highest BCUT2D eigenvalue weighted by molar-refractivity contribution is 5.82. The smallest absolute Gasteiger partial charge is 0.237 e. The summed E-state index contributed by atoms with van der Waals surface area (Å²) in [6.45, 7) is 8.34. The molecule has 0 aliphatic heterocycles. The van der Waals surface area contributed by atoms with Crippen molar-refractivity contribution >= 4 is 5.91 Å². The van der Waals surface area contributed by atoms with Crippen LogP contribution in [0, 0.1) is 11.3 Å². The van der Waals surface area contributed by atoms with E-state index in [-0.39, 0.29) is 11.3 Å². The average molecular weight is 256 g/mol. The van der Waals surface area contributed by atoms with Crippen LogP contribution in [-0.4, -0.2) is 29.2 Å². The van der Waals surface area contributed by atoms with E-state index in [9.17, 15) is 9.90 Å². The molecule has 1 amide bonds. The van der Waals surface area contributed by atoms with Crippen molar-refractivity contribution in [3.8, 4) is 0 Å². The zero-order valence-electron chi connectivity index (χ0n) is 12.1. The lowest BCUT2D eigenvalue weighted by molar-refractivity contribution is -0.126. The van der Waals surface area contributed by atoms with Gasteiger partial charge in [-0.1, -0.05) is 27.7 Å². The molecular weight excluding hydrogens is 228 g/mol. The quantitative estimate of drug-likeness (QED) is 0.715.